The van der Waals surface area contributed by atoms with Gasteiger partial charge in [0.15, 0.2) is 0 Å². The molecule has 6 heteroatoms. The van der Waals surface area contributed by atoms with Crippen LogP contribution in [0.3, 0.4) is 0 Å². The van der Waals surface area contributed by atoms with Gasteiger partial charge in [-0.3, -0.25) is 4.79 Å². The standard InChI is InChI=1S/C24H32N4OS/c1-30-16-11-21(23-26-19-9-3-4-10-20(19)27-23)25-22(29)17-24(12-5-2-6-13-24)18-28-14-7-8-15-28/h3-4,7-10,14-15,21H,2,5-6,11-13,16-18H2,1H3,(H,25,29)(H,26,27)/t21-/m0/s1. The molecule has 1 aliphatic rings. The molecule has 0 spiro atoms. The smallest absolute Gasteiger partial charge is 0.221 e. The molecule has 1 saturated carbocycles. The van der Waals surface area contributed by atoms with Gasteiger partial charge in [0.05, 0.1) is 17.1 Å². The molecular formula is C24H32N4OS. The van der Waals surface area contributed by atoms with Crippen LogP contribution < -0.4 is 5.32 Å². The fraction of sp³-hybridized carbons (Fsp3) is 0.500. The van der Waals surface area contributed by atoms with Gasteiger partial charge in [0.2, 0.25) is 5.91 Å². The summed E-state index contributed by atoms with van der Waals surface area (Å²) in [5.74, 6) is 1.99. The number of carbonyl (C=O) groups is 1. The van der Waals surface area contributed by atoms with Crippen molar-refractivity contribution in [2.45, 2.75) is 57.5 Å². The van der Waals surface area contributed by atoms with E-state index in [1.807, 2.05) is 24.3 Å². The predicted molar refractivity (Wildman–Crippen MR) is 125 cm³/mol. The first-order valence-corrected chi connectivity index (χ1v) is 12.4. The summed E-state index contributed by atoms with van der Waals surface area (Å²) in [6.07, 6.45) is 13.8. The fourth-order valence-electron chi connectivity index (χ4n) is 4.79. The van der Waals surface area contributed by atoms with E-state index in [0.29, 0.717) is 6.42 Å². The Kier molecular flexibility index (Phi) is 6.82. The van der Waals surface area contributed by atoms with Gasteiger partial charge in [-0.25, -0.2) is 4.98 Å². The van der Waals surface area contributed by atoms with E-state index in [9.17, 15) is 4.79 Å². The van der Waals surface area contributed by atoms with Crippen LogP contribution >= 0.6 is 11.8 Å². The monoisotopic (exact) mass is 424 g/mol. The number of nitrogens with zero attached hydrogens (tertiary/aromatic N) is 2. The maximum Gasteiger partial charge on any atom is 0.221 e. The van der Waals surface area contributed by atoms with Gasteiger partial charge in [0, 0.05) is 25.4 Å². The van der Waals surface area contributed by atoms with Crippen molar-refractivity contribution in [3.8, 4) is 0 Å². The number of carbonyl (C=O) groups excluding carboxylic acids is 1. The van der Waals surface area contributed by atoms with E-state index >= 15 is 0 Å². The largest absolute Gasteiger partial charge is 0.354 e. The van der Waals surface area contributed by atoms with Crippen molar-refractivity contribution in [3.63, 3.8) is 0 Å². The van der Waals surface area contributed by atoms with E-state index in [0.717, 1.165) is 48.4 Å². The van der Waals surface area contributed by atoms with E-state index in [1.165, 1.54) is 19.3 Å². The second-order valence-corrected chi connectivity index (χ2v) is 9.62. The van der Waals surface area contributed by atoms with Crippen molar-refractivity contribution in [3.05, 3.63) is 54.6 Å². The maximum atomic E-state index is 13.2. The van der Waals surface area contributed by atoms with E-state index in [-0.39, 0.29) is 17.4 Å². The van der Waals surface area contributed by atoms with E-state index < -0.39 is 0 Å². The molecule has 0 aliphatic heterocycles. The molecule has 5 nitrogen and oxygen atoms in total. The zero-order chi connectivity index (χ0) is 20.8. The van der Waals surface area contributed by atoms with Crippen LogP contribution in [0.4, 0.5) is 0 Å². The summed E-state index contributed by atoms with van der Waals surface area (Å²) in [5, 5.41) is 3.33. The van der Waals surface area contributed by atoms with Crippen LogP contribution in [0.25, 0.3) is 11.0 Å². The second kappa shape index (κ2) is 9.73. The quantitative estimate of drug-likeness (QED) is 0.489. The number of hydrogen-bond donors (Lipinski definition) is 2. The molecule has 0 bridgehead atoms. The molecule has 1 amide bonds. The zero-order valence-corrected chi connectivity index (χ0v) is 18.6. The highest BCUT2D eigenvalue weighted by Gasteiger charge is 2.35. The van der Waals surface area contributed by atoms with Crippen LogP contribution in [0.1, 0.15) is 56.8 Å². The van der Waals surface area contributed by atoms with Crippen LogP contribution in [-0.2, 0) is 11.3 Å². The van der Waals surface area contributed by atoms with Crippen molar-refractivity contribution in [1.29, 1.82) is 0 Å². The minimum Gasteiger partial charge on any atom is -0.354 e. The average molecular weight is 425 g/mol. The Morgan fingerprint density at radius 1 is 1.20 bits per heavy atom. The van der Waals surface area contributed by atoms with Gasteiger partial charge >= 0.3 is 0 Å². The molecule has 160 valence electrons. The number of hydrogen-bond acceptors (Lipinski definition) is 3. The lowest BCUT2D eigenvalue weighted by atomic mass is 9.71. The summed E-state index contributed by atoms with van der Waals surface area (Å²) >= 11 is 1.80. The molecule has 0 saturated heterocycles. The number of nitrogens with one attached hydrogen (secondary N) is 2. The van der Waals surface area contributed by atoms with Crippen LogP contribution in [0, 0.1) is 5.41 Å². The summed E-state index contributed by atoms with van der Waals surface area (Å²) in [6, 6.07) is 12.1. The van der Waals surface area contributed by atoms with Crippen LogP contribution in [0.5, 0.6) is 0 Å². The fourth-order valence-corrected chi connectivity index (χ4v) is 5.26. The number of para-hydroxylation sites is 2. The van der Waals surface area contributed by atoms with Crippen molar-refractivity contribution in [2.75, 3.05) is 12.0 Å². The van der Waals surface area contributed by atoms with Gasteiger partial charge < -0.3 is 14.9 Å². The normalized spacial score (nSPS) is 17.1. The summed E-state index contributed by atoms with van der Waals surface area (Å²) < 4.78 is 2.24. The molecule has 2 aromatic heterocycles. The molecule has 2 heterocycles. The molecule has 30 heavy (non-hydrogen) atoms. The number of fused-ring (bicyclic) bond motifs is 1. The molecule has 3 aromatic rings. The summed E-state index contributed by atoms with van der Waals surface area (Å²) in [6.45, 7) is 0.924. The van der Waals surface area contributed by atoms with E-state index in [4.69, 9.17) is 4.98 Å². The molecule has 0 unspecified atom stereocenters. The Bertz CT molecular complexity index is 910. The Hall–Kier alpha value is -2.21. The van der Waals surface area contributed by atoms with Crippen LogP contribution in [-0.4, -0.2) is 32.5 Å². The van der Waals surface area contributed by atoms with Gasteiger partial charge in [-0.05, 0) is 61.0 Å². The first-order chi connectivity index (χ1) is 14.7. The van der Waals surface area contributed by atoms with E-state index in [2.05, 4.69) is 45.7 Å². The summed E-state index contributed by atoms with van der Waals surface area (Å²) in [4.78, 5) is 21.4. The van der Waals surface area contributed by atoms with Gasteiger partial charge in [-0.2, -0.15) is 11.8 Å². The molecular weight excluding hydrogens is 392 g/mol. The SMILES string of the molecule is CSCC[C@H](NC(=O)CC1(Cn2cccc2)CCCCC1)c1nc2ccccc2[nH]1. The molecule has 4 rings (SSSR count). The molecule has 1 aromatic carbocycles. The van der Waals surface area contributed by atoms with Crippen molar-refractivity contribution < 1.29 is 4.79 Å². The number of amides is 1. The zero-order valence-electron chi connectivity index (χ0n) is 17.8. The third-order valence-corrected chi connectivity index (χ3v) is 6.96. The Morgan fingerprint density at radius 3 is 2.70 bits per heavy atom. The van der Waals surface area contributed by atoms with Crippen molar-refractivity contribution in [1.82, 2.24) is 19.9 Å². The first-order valence-electron chi connectivity index (χ1n) is 11.0. The van der Waals surface area contributed by atoms with Crippen molar-refractivity contribution >= 4 is 28.7 Å². The number of rotatable bonds is 9. The lowest BCUT2D eigenvalue weighted by Crippen LogP contribution is -2.38. The molecule has 1 atom stereocenters. The average Bonchev–Trinajstić information content (AvgIpc) is 3.41. The number of aromatic amines is 1. The Labute approximate surface area is 183 Å². The highest BCUT2D eigenvalue weighted by molar-refractivity contribution is 7.98. The predicted octanol–water partition coefficient (Wildman–Crippen LogP) is 5.32. The maximum absolute atomic E-state index is 13.2. The molecule has 0 radical (unpaired) electrons. The van der Waals surface area contributed by atoms with Gasteiger partial charge in [-0.1, -0.05) is 31.4 Å². The van der Waals surface area contributed by atoms with Crippen LogP contribution in [0.15, 0.2) is 48.8 Å². The number of thioether (sulfide) groups is 1. The molecule has 2 N–H and O–H groups in total. The summed E-state index contributed by atoms with van der Waals surface area (Å²) in [5.41, 5.74) is 2.03. The lowest BCUT2D eigenvalue weighted by Gasteiger charge is -2.37. The molecule has 1 aliphatic carbocycles. The molecule has 1 fully saturated rings. The van der Waals surface area contributed by atoms with Gasteiger partial charge in [0.1, 0.15) is 5.82 Å². The van der Waals surface area contributed by atoms with Gasteiger partial charge in [0.25, 0.3) is 0 Å². The van der Waals surface area contributed by atoms with Gasteiger partial charge in [-0.15, -0.1) is 0 Å². The highest BCUT2D eigenvalue weighted by Crippen LogP contribution is 2.41. The third-order valence-electron chi connectivity index (χ3n) is 6.32. The number of H-pyrrole nitrogens is 1. The Morgan fingerprint density at radius 2 is 1.97 bits per heavy atom. The number of benzene rings is 1. The van der Waals surface area contributed by atoms with E-state index in [1.54, 1.807) is 11.8 Å². The number of imidazole rings is 1. The Balaban J connectivity index is 1.49. The highest BCUT2D eigenvalue weighted by atomic mass is 32.2. The van der Waals surface area contributed by atoms with Crippen molar-refractivity contribution in [2.24, 2.45) is 5.41 Å². The minimum absolute atomic E-state index is 0.0548. The second-order valence-electron chi connectivity index (χ2n) is 8.63. The lowest BCUT2D eigenvalue weighted by molar-refractivity contribution is -0.125. The van der Waals surface area contributed by atoms with Crippen LogP contribution in [0.2, 0.25) is 0 Å². The first kappa shape index (κ1) is 21.0. The topological polar surface area (TPSA) is 62.7 Å². The summed E-state index contributed by atoms with van der Waals surface area (Å²) in [7, 11) is 0. The third kappa shape index (κ3) is 5.09. The minimum atomic E-state index is -0.0791. The number of aromatic nitrogens is 3.